The van der Waals surface area contributed by atoms with Crippen molar-refractivity contribution in [3.63, 3.8) is 0 Å². The second kappa shape index (κ2) is 6.22. The topological polar surface area (TPSA) is 64.6 Å². The minimum Gasteiger partial charge on any atom is -0.486 e. The van der Waals surface area contributed by atoms with Crippen molar-refractivity contribution in [3.05, 3.63) is 48.0 Å². The van der Waals surface area contributed by atoms with E-state index in [0.717, 1.165) is 5.56 Å². The van der Waals surface area contributed by atoms with Crippen molar-refractivity contribution in [1.82, 2.24) is 5.32 Å². The molecule has 1 aliphatic rings. The molecule has 0 fully saturated rings. The zero-order valence-corrected chi connectivity index (χ0v) is 13.9. The summed E-state index contributed by atoms with van der Waals surface area (Å²) in [4.78, 5) is 0.516. The standard InChI is InChI=1S/C17H19NO4S/c1-12-5-3-4-6-17(12)23(19,20)14-7-8-15-16(9-14)22-13(10-18-2)11-21-15/h3-9,13,18H,10-11H2,1-2H3/t13-/m1/s1. The van der Waals surface area contributed by atoms with Gasteiger partial charge in [0.15, 0.2) is 11.5 Å². The average Bonchev–Trinajstić information content (AvgIpc) is 2.54. The van der Waals surface area contributed by atoms with Crippen LogP contribution in [0.4, 0.5) is 0 Å². The molecule has 2 aromatic carbocycles. The van der Waals surface area contributed by atoms with E-state index in [1.807, 2.05) is 13.1 Å². The molecule has 0 bridgehead atoms. The molecule has 0 radical (unpaired) electrons. The van der Waals surface area contributed by atoms with E-state index in [1.54, 1.807) is 43.3 Å². The van der Waals surface area contributed by atoms with Crippen LogP contribution in [-0.2, 0) is 9.84 Å². The highest BCUT2D eigenvalue weighted by Crippen LogP contribution is 2.35. The molecule has 0 saturated carbocycles. The van der Waals surface area contributed by atoms with Crippen LogP contribution in [0.2, 0.25) is 0 Å². The summed E-state index contributed by atoms with van der Waals surface area (Å²) in [6, 6.07) is 11.7. The van der Waals surface area contributed by atoms with E-state index >= 15 is 0 Å². The van der Waals surface area contributed by atoms with Crippen LogP contribution in [0, 0.1) is 6.92 Å². The number of hydrogen-bond acceptors (Lipinski definition) is 5. The van der Waals surface area contributed by atoms with Crippen LogP contribution in [0.15, 0.2) is 52.3 Å². The highest BCUT2D eigenvalue weighted by Gasteiger charge is 2.25. The van der Waals surface area contributed by atoms with Gasteiger partial charge in [-0.1, -0.05) is 18.2 Å². The Morgan fingerprint density at radius 2 is 1.96 bits per heavy atom. The maximum atomic E-state index is 12.8. The first-order valence-corrected chi connectivity index (χ1v) is 8.89. The van der Waals surface area contributed by atoms with Crippen molar-refractivity contribution in [3.8, 4) is 11.5 Å². The van der Waals surface area contributed by atoms with Crippen LogP contribution in [-0.4, -0.2) is 34.7 Å². The second-order valence-electron chi connectivity index (χ2n) is 5.49. The van der Waals surface area contributed by atoms with Gasteiger partial charge in [0, 0.05) is 12.6 Å². The van der Waals surface area contributed by atoms with Gasteiger partial charge >= 0.3 is 0 Å². The van der Waals surface area contributed by atoms with Crippen LogP contribution in [0.5, 0.6) is 11.5 Å². The smallest absolute Gasteiger partial charge is 0.206 e. The summed E-state index contributed by atoms with van der Waals surface area (Å²) in [7, 11) is -1.75. The van der Waals surface area contributed by atoms with E-state index in [1.165, 1.54) is 0 Å². The highest BCUT2D eigenvalue weighted by molar-refractivity contribution is 7.91. The van der Waals surface area contributed by atoms with Crippen molar-refractivity contribution < 1.29 is 17.9 Å². The first kappa shape index (κ1) is 15.8. The number of benzene rings is 2. The third-order valence-electron chi connectivity index (χ3n) is 3.76. The number of sulfone groups is 1. The number of rotatable bonds is 4. The monoisotopic (exact) mass is 333 g/mol. The molecule has 122 valence electrons. The molecule has 0 spiro atoms. The van der Waals surface area contributed by atoms with Gasteiger partial charge in [-0.2, -0.15) is 0 Å². The summed E-state index contributed by atoms with van der Waals surface area (Å²) in [5, 5.41) is 3.02. The molecule has 0 unspecified atom stereocenters. The van der Waals surface area contributed by atoms with E-state index < -0.39 is 9.84 Å². The van der Waals surface area contributed by atoms with Crippen LogP contribution in [0.25, 0.3) is 0 Å². The molecule has 0 saturated heterocycles. The Kier molecular flexibility index (Phi) is 4.28. The second-order valence-corrected chi connectivity index (χ2v) is 7.40. The number of nitrogens with one attached hydrogen (secondary N) is 1. The lowest BCUT2D eigenvalue weighted by molar-refractivity contribution is 0.0915. The molecule has 1 N–H and O–H groups in total. The first-order chi connectivity index (χ1) is 11.0. The number of aryl methyl sites for hydroxylation is 1. The van der Waals surface area contributed by atoms with Crippen molar-refractivity contribution in [1.29, 1.82) is 0 Å². The minimum absolute atomic E-state index is 0.135. The lowest BCUT2D eigenvalue weighted by Gasteiger charge is -2.26. The Morgan fingerprint density at radius 1 is 1.17 bits per heavy atom. The van der Waals surface area contributed by atoms with Crippen molar-refractivity contribution in [2.45, 2.75) is 22.8 Å². The normalized spacial score (nSPS) is 17.0. The zero-order valence-electron chi connectivity index (χ0n) is 13.1. The molecular formula is C17H19NO4S. The Morgan fingerprint density at radius 3 is 2.70 bits per heavy atom. The Bertz CT molecular complexity index is 817. The number of hydrogen-bond donors (Lipinski definition) is 1. The van der Waals surface area contributed by atoms with Gasteiger partial charge < -0.3 is 14.8 Å². The van der Waals surface area contributed by atoms with E-state index in [-0.39, 0.29) is 11.0 Å². The summed E-state index contributed by atoms with van der Waals surface area (Å²) >= 11 is 0. The maximum absolute atomic E-state index is 12.8. The molecule has 2 aromatic rings. The van der Waals surface area contributed by atoms with Crippen LogP contribution < -0.4 is 14.8 Å². The van der Waals surface area contributed by atoms with Gasteiger partial charge in [-0.3, -0.25) is 0 Å². The lowest BCUT2D eigenvalue weighted by atomic mass is 10.2. The number of fused-ring (bicyclic) bond motifs is 1. The van der Waals surface area contributed by atoms with E-state index in [9.17, 15) is 8.42 Å². The molecule has 5 nitrogen and oxygen atoms in total. The van der Waals surface area contributed by atoms with Crippen LogP contribution in [0.1, 0.15) is 5.56 Å². The van der Waals surface area contributed by atoms with E-state index in [4.69, 9.17) is 9.47 Å². The molecular weight excluding hydrogens is 314 g/mol. The predicted molar refractivity (Wildman–Crippen MR) is 86.9 cm³/mol. The quantitative estimate of drug-likeness (QED) is 0.929. The number of ether oxygens (including phenoxy) is 2. The largest absolute Gasteiger partial charge is 0.486 e. The van der Waals surface area contributed by atoms with Crippen molar-refractivity contribution in [2.24, 2.45) is 0 Å². The molecule has 0 aliphatic carbocycles. The van der Waals surface area contributed by atoms with E-state index in [2.05, 4.69) is 5.32 Å². The zero-order chi connectivity index (χ0) is 16.4. The summed E-state index contributed by atoms with van der Waals surface area (Å²) < 4.78 is 37.1. The van der Waals surface area contributed by atoms with Gasteiger partial charge in [-0.05, 0) is 37.7 Å². The van der Waals surface area contributed by atoms with Crippen LogP contribution in [0.3, 0.4) is 0 Å². The van der Waals surface area contributed by atoms with Gasteiger partial charge in [0.05, 0.1) is 9.79 Å². The summed E-state index contributed by atoms with van der Waals surface area (Å²) in [6.07, 6.45) is -0.135. The molecule has 1 aliphatic heterocycles. The van der Waals surface area contributed by atoms with Gasteiger partial charge in [-0.25, -0.2) is 8.42 Å². The molecule has 6 heteroatoms. The predicted octanol–water partition coefficient (Wildman–Crippen LogP) is 2.19. The highest BCUT2D eigenvalue weighted by atomic mass is 32.2. The van der Waals surface area contributed by atoms with Gasteiger partial charge in [0.2, 0.25) is 9.84 Å². The lowest BCUT2D eigenvalue weighted by Crippen LogP contribution is -2.37. The SMILES string of the molecule is CNC[C@@H]1COc2ccc(S(=O)(=O)c3ccccc3C)cc2O1. The molecule has 0 amide bonds. The fraction of sp³-hybridized carbons (Fsp3) is 0.294. The molecule has 23 heavy (non-hydrogen) atoms. The number of likely N-dealkylation sites (N-methyl/N-ethyl adjacent to an activating group) is 1. The Balaban J connectivity index is 1.99. The molecule has 1 atom stereocenters. The Hall–Kier alpha value is -2.05. The van der Waals surface area contributed by atoms with E-state index in [0.29, 0.717) is 29.5 Å². The average molecular weight is 333 g/mol. The Labute approximate surface area is 136 Å². The van der Waals surface area contributed by atoms with Crippen LogP contribution >= 0.6 is 0 Å². The third-order valence-corrected chi connectivity index (χ3v) is 5.67. The summed E-state index contributed by atoms with van der Waals surface area (Å²) in [5.74, 6) is 1.03. The van der Waals surface area contributed by atoms with Gasteiger partial charge in [-0.15, -0.1) is 0 Å². The fourth-order valence-electron chi connectivity index (χ4n) is 2.58. The van der Waals surface area contributed by atoms with Crippen molar-refractivity contribution >= 4 is 9.84 Å². The van der Waals surface area contributed by atoms with Gasteiger partial charge in [0.25, 0.3) is 0 Å². The first-order valence-electron chi connectivity index (χ1n) is 7.41. The molecule has 3 rings (SSSR count). The van der Waals surface area contributed by atoms with Gasteiger partial charge in [0.1, 0.15) is 12.7 Å². The summed E-state index contributed by atoms with van der Waals surface area (Å²) in [5.41, 5.74) is 0.718. The maximum Gasteiger partial charge on any atom is 0.206 e. The third kappa shape index (κ3) is 3.04. The summed E-state index contributed by atoms with van der Waals surface area (Å²) in [6.45, 7) is 2.86. The molecule has 0 aromatic heterocycles. The fourth-order valence-corrected chi connectivity index (χ4v) is 4.09. The minimum atomic E-state index is -3.58. The molecule has 1 heterocycles. The van der Waals surface area contributed by atoms with Crippen molar-refractivity contribution in [2.75, 3.05) is 20.2 Å².